The molecule has 5 rings (SSSR count). The molecule has 3 heterocycles. The van der Waals surface area contributed by atoms with Crippen molar-refractivity contribution in [3.05, 3.63) is 120 Å². The van der Waals surface area contributed by atoms with Crippen LogP contribution in [-0.4, -0.2) is 20.9 Å². The van der Waals surface area contributed by atoms with Crippen LogP contribution in [0.5, 0.6) is 0 Å². The van der Waals surface area contributed by atoms with Crippen molar-refractivity contribution in [3.8, 4) is 0 Å². The van der Waals surface area contributed by atoms with Gasteiger partial charge in [0, 0.05) is 45.8 Å². The van der Waals surface area contributed by atoms with Crippen LogP contribution in [0.25, 0.3) is 10.9 Å². The van der Waals surface area contributed by atoms with E-state index < -0.39 is 0 Å². The number of benzene rings is 2. The second kappa shape index (κ2) is 8.96. The van der Waals surface area contributed by atoms with Crippen LogP contribution < -0.4 is 10.6 Å². The molecular formula is C27H23N5O. The third-order valence-electron chi connectivity index (χ3n) is 5.56. The number of carbonyl (C=O) groups excluding carboxylic acids is 1. The van der Waals surface area contributed by atoms with Gasteiger partial charge in [-0.05, 0) is 61.5 Å². The van der Waals surface area contributed by atoms with E-state index in [1.807, 2.05) is 79.7 Å². The van der Waals surface area contributed by atoms with Crippen LogP contribution in [0.1, 0.15) is 33.4 Å². The monoisotopic (exact) mass is 433 g/mol. The van der Waals surface area contributed by atoms with E-state index >= 15 is 0 Å². The van der Waals surface area contributed by atoms with Gasteiger partial charge in [-0.3, -0.25) is 9.78 Å². The van der Waals surface area contributed by atoms with Crippen LogP contribution in [0, 0.1) is 6.92 Å². The quantitative estimate of drug-likeness (QED) is 0.320. The molecule has 0 aliphatic rings. The first-order chi connectivity index (χ1) is 16.2. The fourth-order valence-electron chi connectivity index (χ4n) is 4.03. The summed E-state index contributed by atoms with van der Waals surface area (Å²) < 4.78 is 0. The van der Waals surface area contributed by atoms with Crippen LogP contribution >= 0.6 is 0 Å². The number of aromatic amines is 1. The number of nitrogens with one attached hydrogen (secondary N) is 3. The lowest BCUT2D eigenvalue weighted by molar-refractivity contribution is 0.102. The highest BCUT2D eigenvalue weighted by molar-refractivity contribution is 6.05. The number of aryl methyl sites for hydroxylation is 1. The van der Waals surface area contributed by atoms with Gasteiger partial charge in [0.15, 0.2) is 0 Å². The molecule has 0 saturated heterocycles. The summed E-state index contributed by atoms with van der Waals surface area (Å²) in [6.45, 7) is 2.05. The van der Waals surface area contributed by atoms with Crippen molar-refractivity contribution in [1.29, 1.82) is 0 Å². The Morgan fingerprint density at radius 3 is 2.36 bits per heavy atom. The lowest BCUT2D eigenvalue weighted by Gasteiger charge is -2.20. The second-order valence-electron chi connectivity index (χ2n) is 7.79. The second-order valence-corrected chi connectivity index (χ2v) is 7.79. The van der Waals surface area contributed by atoms with Crippen molar-refractivity contribution in [2.24, 2.45) is 0 Å². The molecule has 3 aromatic heterocycles. The minimum Gasteiger partial charge on any atom is -0.358 e. The molecule has 5 aromatic rings. The van der Waals surface area contributed by atoms with Crippen molar-refractivity contribution in [3.63, 3.8) is 0 Å². The van der Waals surface area contributed by atoms with Crippen molar-refractivity contribution < 1.29 is 4.79 Å². The number of aromatic nitrogens is 3. The summed E-state index contributed by atoms with van der Waals surface area (Å²) in [5, 5.41) is 7.56. The molecule has 162 valence electrons. The summed E-state index contributed by atoms with van der Waals surface area (Å²) >= 11 is 0. The minimum absolute atomic E-state index is 0.142. The normalized spacial score (nSPS) is 11.8. The number of rotatable bonds is 6. The minimum atomic E-state index is -0.227. The van der Waals surface area contributed by atoms with Crippen LogP contribution in [0.3, 0.4) is 0 Å². The SMILES string of the molecule is Cc1[nH]c2ccc(NC(=O)c3ccccc3)cc2c1[C@@H](Nc1ccccn1)c1ccccn1. The van der Waals surface area contributed by atoms with Crippen molar-refractivity contribution in [2.75, 3.05) is 10.6 Å². The molecule has 33 heavy (non-hydrogen) atoms. The summed E-state index contributed by atoms with van der Waals surface area (Å²) in [6.07, 6.45) is 3.55. The van der Waals surface area contributed by atoms with E-state index in [-0.39, 0.29) is 11.9 Å². The maximum atomic E-state index is 12.7. The lowest BCUT2D eigenvalue weighted by atomic mass is 9.99. The molecule has 3 N–H and O–H groups in total. The number of nitrogens with zero attached hydrogens (tertiary/aromatic N) is 2. The third kappa shape index (κ3) is 4.32. The van der Waals surface area contributed by atoms with Crippen LogP contribution in [-0.2, 0) is 0 Å². The van der Waals surface area contributed by atoms with Gasteiger partial charge in [-0.25, -0.2) is 4.98 Å². The average molecular weight is 434 g/mol. The molecule has 6 heteroatoms. The lowest BCUT2D eigenvalue weighted by Crippen LogP contribution is -2.15. The predicted octanol–water partition coefficient (Wildman–Crippen LogP) is 5.72. The first-order valence-corrected chi connectivity index (χ1v) is 10.8. The Labute approximate surface area is 191 Å². The zero-order valence-corrected chi connectivity index (χ0v) is 18.1. The van der Waals surface area contributed by atoms with Crippen molar-refractivity contribution >= 4 is 28.3 Å². The molecule has 0 aliphatic heterocycles. The molecule has 6 nitrogen and oxygen atoms in total. The Kier molecular flexibility index (Phi) is 5.55. The van der Waals surface area contributed by atoms with E-state index in [0.29, 0.717) is 5.56 Å². The molecule has 0 fully saturated rings. The van der Waals surface area contributed by atoms with Crippen LogP contribution in [0.4, 0.5) is 11.5 Å². The van der Waals surface area contributed by atoms with E-state index in [4.69, 9.17) is 0 Å². The first kappa shape index (κ1) is 20.5. The van der Waals surface area contributed by atoms with Gasteiger partial charge < -0.3 is 15.6 Å². The largest absolute Gasteiger partial charge is 0.358 e. The fraction of sp³-hybridized carbons (Fsp3) is 0.0741. The highest BCUT2D eigenvalue weighted by atomic mass is 16.1. The van der Waals surface area contributed by atoms with Gasteiger partial charge in [0.2, 0.25) is 0 Å². The summed E-state index contributed by atoms with van der Waals surface area (Å²) in [5.41, 5.74) is 5.30. The Morgan fingerprint density at radius 1 is 0.879 bits per heavy atom. The highest BCUT2D eigenvalue weighted by Crippen LogP contribution is 2.34. The third-order valence-corrected chi connectivity index (χ3v) is 5.56. The van der Waals surface area contributed by atoms with Gasteiger partial charge in [0.05, 0.1) is 11.7 Å². The van der Waals surface area contributed by atoms with Crippen LogP contribution in [0.2, 0.25) is 0 Å². The molecule has 0 saturated carbocycles. The molecule has 0 bridgehead atoms. The molecule has 2 aromatic carbocycles. The van der Waals surface area contributed by atoms with Crippen molar-refractivity contribution in [2.45, 2.75) is 13.0 Å². The van der Waals surface area contributed by atoms with E-state index in [9.17, 15) is 4.79 Å². The Morgan fingerprint density at radius 2 is 1.64 bits per heavy atom. The zero-order valence-electron chi connectivity index (χ0n) is 18.1. The number of anilines is 2. The van der Waals surface area contributed by atoms with Gasteiger partial charge >= 0.3 is 0 Å². The zero-order chi connectivity index (χ0) is 22.6. The summed E-state index contributed by atoms with van der Waals surface area (Å²) in [6, 6.07) is 26.5. The molecule has 0 unspecified atom stereocenters. The Bertz CT molecular complexity index is 1380. The van der Waals surface area contributed by atoms with E-state index in [1.165, 1.54) is 0 Å². The summed E-state index contributed by atoms with van der Waals surface area (Å²) in [4.78, 5) is 25.2. The number of hydrogen-bond acceptors (Lipinski definition) is 4. The topological polar surface area (TPSA) is 82.7 Å². The van der Waals surface area contributed by atoms with E-state index in [0.717, 1.165) is 39.4 Å². The number of H-pyrrole nitrogens is 1. The molecular weight excluding hydrogens is 410 g/mol. The number of pyridine rings is 2. The van der Waals surface area contributed by atoms with Gasteiger partial charge in [0.1, 0.15) is 5.82 Å². The number of fused-ring (bicyclic) bond motifs is 1. The Hall–Kier alpha value is -4.45. The average Bonchev–Trinajstić information content (AvgIpc) is 3.19. The number of amides is 1. The highest BCUT2D eigenvalue weighted by Gasteiger charge is 2.23. The maximum Gasteiger partial charge on any atom is 0.255 e. The number of carbonyl (C=O) groups is 1. The smallest absolute Gasteiger partial charge is 0.255 e. The standard InChI is InChI=1S/C27H23N5O/c1-18-25(26(23-11-5-7-15-28-23)32-24-12-6-8-16-29-24)21-17-20(13-14-22(21)30-18)31-27(33)19-9-3-2-4-10-19/h2-17,26,30H,1H3,(H,29,32)(H,31,33)/t26-/m0/s1. The fourth-order valence-corrected chi connectivity index (χ4v) is 4.03. The first-order valence-electron chi connectivity index (χ1n) is 10.8. The number of hydrogen-bond donors (Lipinski definition) is 3. The predicted molar refractivity (Wildman–Crippen MR) is 131 cm³/mol. The maximum absolute atomic E-state index is 12.7. The van der Waals surface area contributed by atoms with Crippen LogP contribution in [0.15, 0.2) is 97.3 Å². The van der Waals surface area contributed by atoms with Gasteiger partial charge in [-0.1, -0.05) is 30.3 Å². The van der Waals surface area contributed by atoms with Gasteiger partial charge in [-0.15, -0.1) is 0 Å². The molecule has 1 atom stereocenters. The molecule has 0 radical (unpaired) electrons. The van der Waals surface area contributed by atoms with E-state index in [1.54, 1.807) is 24.5 Å². The van der Waals surface area contributed by atoms with Crippen molar-refractivity contribution in [1.82, 2.24) is 15.0 Å². The molecule has 1 amide bonds. The molecule has 0 aliphatic carbocycles. The van der Waals surface area contributed by atoms with E-state index in [2.05, 4.69) is 25.6 Å². The summed E-state index contributed by atoms with van der Waals surface area (Å²) in [5.74, 6) is 0.618. The van der Waals surface area contributed by atoms with Gasteiger partial charge in [-0.2, -0.15) is 0 Å². The Balaban J connectivity index is 1.56. The molecule has 0 spiro atoms. The summed E-state index contributed by atoms with van der Waals surface area (Å²) in [7, 11) is 0. The van der Waals surface area contributed by atoms with Gasteiger partial charge in [0.25, 0.3) is 5.91 Å².